The smallest absolute Gasteiger partial charge is 0.332 e. The van der Waals surface area contributed by atoms with Crippen molar-refractivity contribution < 1.29 is 9.21 Å². The zero-order chi connectivity index (χ0) is 22.9. The molecule has 0 unspecified atom stereocenters. The number of amides is 1. The van der Waals surface area contributed by atoms with Crippen LogP contribution in [0.4, 0.5) is 5.69 Å². The molecule has 0 atom stereocenters. The fourth-order valence-electron chi connectivity index (χ4n) is 3.93. The Morgan fingerprint density at radius 1 is 0.879 bits per heavy atom. The van der Waals surface area contributed by atoms with Crippen molar-refractivity contribution in [3.05, 3.63) is 111 Å². The number of fused-ring (bicyclic) bond motifs is 3. The van der Waals surface area contributed by atoms with Crippen LogP contribution >= 0.6 is 0 Å². The van der Waals surface area contributed by atoms with Crippen LogP contribution in [0.2, 0.25) is 0 Å². The molecule has 2 aromatic heterocycles. The second-order valence-corrected chi connectivity index (χ2v) is 7.94. The lowest BCUT2D eigenvalue weighted by molar-refractivity contribution is -0.116. The van der Waals surface area contributed by atoms with Crippen molar-refractivity contribution in [2.24, 2.45) is 0 Å². The summed E-state index contributed by atoms with van der Waals surface area (Å²) in [5.41, 5.74) is 2.26. The Morgan fingerprint density at radius 3 is 2.33 bits per heavy atom. The van der Waals surface area contributed by atoms with Gasteiger partial charge in [0.1, 0.15) is 17.6 Å². The van der Waals surface area contributed by atoms with Gasteiger partial charge in [-0.3, -0.25) is 18.7 Å². The monoisotopic (exact) mass is 439 g/mol. The highest BCUT2D eigenvalue weighted by Crippen LogP contribution is 2.25. The molecule has 0 saturated carbocycles. The van der Waals surface area contributed by atoms with Gasteiger partial charge in [0, 0.05) is 11.1 Å². The van der Waals surface area contributed by atoms with E-state index in [0.29, 0.717) is 22.2 Å². The number of benzene rings is 3. The van der Waals surface area contributed by atoms with E-state index in [0.717, 1.165) is 15.7 Å². The molecule has 0 saturated heterocycles. The fraction of sp³-hybridized carbons (Fsp3) is 0.115. The summed E-state index contributed by atoms with van der Waals surface area (Å²) in [4.78, 5) is 39.6. The molecule has 3 aromatic carbocycles. The summed E-state index contributed by atoms with van der Waals surface area (Å²) >= 11 is 0. The molecule has 5 rings (SSSR count). The molecule has 0 bridgehead atoms. The number of carbonyl (C=O) groups is 1. The van der Waals surface area contributed by atoms with Gasteiger partial charge < -0.3 is 9.73 Å². The summed E-state index contributed by atoms with van der Waals surface area (Å²) in [6.45, 7) is 1.77. The molecule has 1 amide bonds. The number of hydrogen-bond donors (Lipinski definition) is 1. The van der Waals surface area contributed by atoms with Gasteiger partial charge in [-0.25, -0.2) is 4.79 Å². The Labute approximate surface area is 188 Å². The van der Waals surface area contributed by atoms with Crippen molar-refractivity contribution in [3.63, 3.8) is 0 Å². The molecule has 0 aliphatic rings. The van der Waals surface area contributed by atoms with Crippen LogP contribution in [0.25, 0.3) is 22.1 Å². The number of carbonyl (C=O) groups excluding carboxylic acids is 1. The van der Waals surface area contributed by atoms with E-state index in [1.807, 2.05) is 49.4 Å². The Balaban J connectivity index is 1.65. The SMILES string of the molecule is Cc1ccc(NC(=O)Cn2c(=O)n(Cc3ccccc3)c(=O)c3oc4ccccc4c32)cc1. The summed E-state index contributed by atoms with van der Waals surface area (Å²) in [5, 5.41) is 3.42. The minimum atomic E-state index is -0.568. The van der Waals surface area contributed by atoms with Crippen LogP contribution in [-0.2, 0) is 17.9 Å². The lowest BCUT2D eigenvalue weighted by Crippen LogP contribution is -2.41. The molecule has 0 aliphatic carbocycles. The van der Waals surface area contributed by atoms with Crippen LogP contribution < -0.4 is 16.6 Å². The highest BCUT2D eigenvalue weighted by molar-refractivity contribution is 6.03. The zero-order valence-electron chi connectivity index (χ0n) is 17.9. The second kappa shape index (κ2) is 8.27. The van der Waals surface area contributed by atoms with E-state index >= 15 is 0 Å². The number of para-hydroxylation sites is 1. The molecule has 0 radical (unpaired) electrons. The van der Waals surface area contributed by atoms with E-state index < -0.39 is 11.2 Å². The first kappa shape index (κ1) is 20.5. The Hall–Kier alpha value is -4.39. The van der Waals surface area contributed by atoms with Gasteiger partial charge in [-0.1, -0.05) is 60.2 Å². The van der Waals surface area contributed by atoms with Crippen LogP contribution in [0.3, 0.4) is 0 Å². The number of anilines is 1. The van der Waals surface area contributed by atoms with E-state index in [1.54, 1.807) is 36.4 Å². The van der Waals surface area contributed by atoms with Crippen molar-refractivity contribution >= 4 is 33.7 Å². The van der Waals surface area contributed by atoms with Crippen LogP contribution in [0, 0.1) is 6.92 Å². The van der Waals surface area contributed by atoms with Crippen molar-refractivity contribution in [1.29, 1.82) is 0 Å². The fourth-order valence-corrected chi connectivity index (χ4v) is 3.93. The van der Waals surface area contributed by atoms with E-state index in [1.165, 1.54) is 4.57 Å². The number of aromatic nitrogens is 2. The van der Waals surface area contributed by atoms with Crippen molar-refractivity contribution in [3.8, 4) is 0 Å². The lowest BCUT2D eigenvalue weighted by atomic mass is 10.2. The van der Waals surface area contributed by atoms with Crippen LogP contribution in [0.15, 0.2) is 92.9 Å². The van der Waals surface area contributed by atoms with Crippen LogP contribution in [0.1, 0.15) is 11.1 Å². The van der Waals surface area contributed by atoms with Gasteiger partial charge in [0.2, 0.25) is 11.5 Å². The van der Waals surface area contributed by atoms with Crippen molar-refractivity contribution in [2.75, 3.05) is 5.32 Å². The van der Waals surface area contributed by atoms with Gasteiger partial charge in [-0.15, -0.1) is 0 Å². The van der Waals surface area contributed by atoms with Crippen LogP contribution in [-0.4, -0.2) is 15.0 Å². The number of nitrogens with zero attached hydrogens (tertiary/aromatic N) is 2. The van der Waals surface area contributed by atoms with E-state index in [2.05, 4.69) is 5.32 Å². The van der Waals surface area contributed by atoms with Gasteiger partial charge in [0.15, 0.2) is 0 Å². The Morgan fingerprint density at radius 2 is 1.58 bits per heavy atom. The normalized spacial score (nSPS) is 11.2. The second-order valence-electron chi connectivity index (χ2n) is 7.94. The maximum absolute atomic E-state index is 13.5. The van der Waals surface area contributed by atoms with E-state index in [4.69, 9.17) is 4.42 Å². The van der Waals surface area contributed by atoms with E-state index in [-0.39, 0.29) is 24.6 Å². The van der Waals surface area contributed by atoms with Gasteiger partial charge in [-0.2, -0.15) is 0 Å². The predicted molar refractivity (Wildman–Crippen MR) is 128 cm³/mol. The highest BCUT2D eigenvalue weighted by Gasteiger charge is 2.21. The van der Waals surface area contributed by atoms with Gasteiger partial charge in [-0.05, 0) is 36.8 Å². The molecule has 2 heterocycles. The summed E-state index contributed by atoms with van der Waals surface area (Å²) in [6, 6.07) is 23.7. The zero-order valence-corrected chi connectivity index (χ0v) is 17.9. The molecular formula is C26H21N3O4. The van der Waals surface area contributed by atoms with Crippen molar-refractivity contribution in [1.82, 2.24) is 9.13 Å². The molecule has 1 N–H and O–H groups in total. The summed E-state index contributed by atoms with van der Waals surface area (Å²) in [5.74, 6) is -0.377. The topological polar surface area (TPSA) is 86.2 Å². The first-order chi connectivity index (χ1) is 16.0. The number of nitrogens with one attached hydrogen (secondary N) is 1. The maximum atomic E-state index is 13.5. The number of rotatable bonds is 5. The van der Waals surface area contributed by atoms with Gasteiger partial charge in [0.25, 0.3) is 5.56 Å². The molecule has 5 aromatic rings. The highest BCUT2D eigenvalue weighted by atomic mass is 16.3. The van der Waals surface area contributed by atoms with Gasteiger partial charge >= 0.3 is 5.69 Å². The molecule has 0 aliphatic heterocycles. The first-order valence-electron chi connectivity index (χ1n) is 10.6. The number of aryl methyl sites for hydroxylation is 1. The summed E-state index contributed by atoms with van der Waals surface area (Å²) < 4.78 is 8.27. The molecule has 7 nitrogen and oxygen atoms in total. The average molecular weight is 439 g/mol. The number of hydrogen-bond acceptors (Lipinski definition) is 4. The molecular weight excluding hydrogens is 418 g/mol. The Kier molecular flexibility index (Phi) is 5.14. The maximum Gasteiger partial charge on any atom is 0.332 e. The number of furan rings is 1. The predicted octanol–water partition coefficient (Wildman–Crippen LogP) is 3.90. The molecule has 33 heavy (non-hydrogen) atoms. The molecule has 164 valence electrons. The largest absolute Gasteiger partial charge is 0.449 e. The third-order valence-electron chi connectivity index (χ3n) is 5.56. The quantitative estimate of drug-likeness (QED) is 0.450. The summed E-state index contributed by atoms with van der Waals surface area (Å²) in [7, 11) is 0. The van der Waals surface area contributed by atoms with Gasteiger partial charge in [0.05, 0.1) is 6.54 Å². The Bertz CT molecular complexity index is 1590. The molecule has 0 spiro atoms. The standard InChI is InChI=1S/C26H21N3O4/c1-17-11-13-19(14-12-17)27-22(30)16-28-23-20-9-5-6-10-21(20)33-24(23)25(31)29(26(28)32)15-18-7-3-2-4-8-18/h2-14H,15-16H2,1H3,(H,27,30). The minimum absolute atomic E-state index is 0.0508. The minimum Gasteiger partial charge on any atom is -0.449 e. The first-order valence-corrected chi connectivity index (χ1v) is 10.6. The van der Waals surface area contributed by atoms with Crippen molar-refractivity contribution in [2.45, 2.75) is 20.0 Å². The molecule has 7 heteroatoms. The van der Waals surface area contributed by atoms with Crippen LogP contribution in [0.5, 0.6) is 0 Å². The van der Waals surface area contributed by atoms with E-state index in [9.17, 15) is 14.4 Å². The lowest BCUT2D eigenvalue weighted by Gasteiger charge is -2.12. The third kappa shape index (κ3) is 3.85. The molecule has 0 fully saturated rings. The summed E-state index contributed by atoms with van der Waals surface area (Å²) in [6.07, 6.45) is 0. The average Bonchev–Trinajstić information content (AvgIpc) is 3.21. The third-order valence-corrected chi connectivity index (χ3v) is 5.56.